The number of aryl methyl sites for hydroxylation is 2. The second-order valence-electron chi connectivity index (χ2n) is 6.36. The maximum atomic E-state index is 12.4. The molecule has 144 valence electrons. The summed E-state index contributed by atoms with van der Waals surface area (Å²) in [5, 5.41) is 10.4. The van der Waals surface area contributed by atoms with E-state index in [1.807, 2.05) is 0 Å². The Balaban J connectivity index is 1.82. The Labute approximate surface area is 167 Å². The molecule has 0 aromatic carbocycles. The summed E-state index contributed by atoms with van der Waals surface area (Å²) in [6.07, 6.45) is 7.86. The summed E-state index contributed by atoms with van der Waals surface area (Å²) in [7, 11) is 3.06. The Morgan fingerprint density at radius 3 is 2.67 bits per heavy atom. The van der Waals surface area contributed by atoms with Gasteiger partial charge in [0.05, 0.1) is 12.7 Å². The molecule has 9 heteroatoms. The largest absolute Gasteiger partial charge is 0.465 e. The molecule has 27 heavy (non-hydrogen) atoms. The lowest BCUT2D eigenvalue weighted by Gasteiger charge is -2.11. The van der Waals surface area contributed by atoms with E-state index >= 15 is 0 Å². The summed E-state index contributed by atoms with van der Waals surface area (Å²) in [6, 6.07) is 1.61. The highest BCUT2D eigenvalue weighted by Gasteiger charge is 2.25. The predicted molar refractivity (Wildman–Crippen MR) is 108 cm³/mol. The van der Waals surface area contributed by atoms with E-state index in [1.165, 1.54) is 34.4 Å². The number of amides is 1. The third-order valence-electron chi connectivity index (χ3n) is 4.57. The molecule has 0 radical (unpaired) electrons. The van der Waals surface area contributed by atoms with Crippen LogP contribution in [0.5, 0.6) is 0 Å². The van der Waals surface area contributed by atoms with E-state index in [2.05, 4.69) is 15.7 Å². The SMILES string of the molecule is COC(=O)c1c(NC(=S)NC(=O)c2ccnn2C)sc2c1CCCCCC2. The minimum absolute atomic E-state index is 0.139. The minimum atomic E-state index is -0.378. The van der Waals surface area contributed by atoms with Crippen LogP contribution in [0.4, 0.5) is 5.00 Å². The molecule has 2 aromatic rings. The zero-order valence-corrected chi connectivity index (χ0v) is 17.0. The molecule has 0 saturated carbocycles. The van der Waals surface area contributed by atoms with Gasteiger partial charge in [0.15, 0.2) is 5.11 Å². The normalized spacial score (nSPS) is 13.9. The number of rotatable bonds is 3. The fourth-order valence-corrected chi connectivity index (χ4v) is 4.76. The average molecular weight is 407 g/mol. The lowest BCUT2D eigenvalue weighted by Crippen LogP contribution is -2.35. The van der Waals surface area contributed by atoms with Gasteiger partial charge < -0.3 is 10.1 Å². The van der Waals surface area contributed by atoms with Crippen molar-refractivity contribution in [1.29, 1.82) is 0 Å². The number of carbonyl (C=O) groups excluding carboxylic acids is 2. The molecule has 0 aliphatic heterocycles. The highest BCUT2D eigenvalue weighted by atomic mass is 32.1. The highest BCUT2D eigenvalue weighted by molar-refractivity contribution is 7.80. The van der Waals surface area contributed by atoms with E-state index in [4.69, 9.17) is 17.0 Å². The second kappa shape index (κ2) is 8.62. The summed E-state index contributed by atoms with van der Waals surface area (Å²) in [5.41, 5.74) is 1.98. The fourth-order valence-electron chi connectivity index (χ4n) is 3.22. The van der Waals surface area contributed by atoms with E-state index in [9.17, 15) is 9.59 Å². The van der Waals surface area contributed by atoms with Gasteiger partial charge in [0.1, 0.15) is 10.7 Å². The molecule has 1 aliphatic rings. The molecule has 2 aromatic heterocycles. The smallest absolute Gasteiger partial charge is 0.341 e. The first-order valence-corrected chi connectivity index (χ1v) is 10.1. The standard InChI is InChI=1S/C18H22N4O3S2/c1-22-12(9-10-19-22)15(23)20-18(26)21-16-14(17(24)25-2)11-7-5-3-4-6-8-13(11)27-16/h9-10H,3-8H2,1-2H3,(H2,20,21,23,26). The Morgan fingerprint density at radius 1 is 1.26 bits per heavy atom. The number of aromatic nitrogens is 2. The van der Waals surface area contributed by atoms with E-state index in [-0.39, 0.29) is 17.0 Å². The number of fused-ring (bicyclic) bond motifs is 1. The molecule has 0 fully saturated rings. The van der Waals surface area contributed by atoms with Crippen molar-refractivity contribution in [2.75, 3.05) is 12.4 Å². The fraction of sp³-hybridized carbons (Fsp3) is 0.444. The average Bonchev–Trinajstić information content (AvgIpc) is 3.18. The van der Waals surface area contributed by atoms with E-state index in [0.717, 1.165) is 37.7 Å². The predicted octanol–water partition coefficient (Wildman–Crippen LogP) is 3.05. The zero-order chi connectivity index (χ0) is 19.4. The summed E-state index contributed by atoms with van der Waals surface area (Å²) in [5.74, 6) is -0.738. The van der Waals surface area contributed by atoms with Gasteiger partial charge in [-0.05, 0) is 49.5 Å². The Hall–Kier alpha value is -2.26. The number of thiophene rings is 1. The van der Waals surface area contributed by atoms with Crippen LogP contribution in [0.25, 0.3) is 0 Å². The second-order valence-corrected chi connectivity index (χ2v) is 7.88. The first-order valence-electron chi connectivity index (χ1n) is 8.84. The van der Waals surface area contributed by atoms with Crippen LogP contribution in [-0.2, 0) is 24.6 Å². The van der Waals surface area contributed by atoms with E-state index in [1.54, 1.807) is 19.3 Å². The topological polar surface area (TPSA) is 85.2 Å². The van der Waals surface area contributed by atoms with Crippen LogP contribution < -0.4 is 10.6 Å². The summed E-state index contributed by atoms with van der Waals surface area (Å²) in [4.78, 5) is 25.9. The number of ether oxygens (including phenoxy) is 1. The van der Waals surface area contributed by atoms with Crippen molar-refractivity contribution in [2.24, 2.45) is 7.05 Å². The maximum Gasteiger partial charge on any atom is 0.341 e. The van der Waals surface area contributed by atoms with Crippen LogP contribution in [0.15, 0.2) is 12.3 Å². The molecule has 2 heterocycles. The molecule has 3 rings (SSSR count). The summed E-state index contributed by atoms with van der Waals surface area (Å²) < 4.78 is 6.46. The van der Waals surface area contributed by atoms with Gasteiger partial charge in [-0.1, -0.05) is 12.8 Å². The number of hydrogen-bond donors (Lipinski definition) is 2. The van der Waals surface area contributed by atoms with Crippen LogP contribution in [0.3, 0.4) is 0 Å². The molecule has 7 nitrogen and oxygen atoms in total. The molecule has 0 spiro atoms. The van der Waals surface area contributed by atoms with E-state index in [0.29, 0.717) is 16.3 Å². The molecule has 0 saturated heterocycles. The lowest BCUT2D eigenvalue weighted by atomic mass is 9.96. The minimum Gasteiger partial charge on any atom is -0.465 e. The van der Waals surface area contributed by atoms with Crippen molar-refractivity contribution < 1.29 is 14.3 Å². The van der Waals surface area contributed by atoms with Crippen LogP contribution in [0, 0.1) is 0 Å². The highest BCUT2D eigenvalue weighted by Crippen LogP contribution is 2.37. The number of methoxy groups -OCH3 is 1. The zero-order valence-electron chi connectivity index (χ0n) is 15.3. The van der Waals surface area contributed by atoms with Gasteiger partial charge in [0, 0.05) is 18.1 Å². The summed E-state index contributed by atoms with van der Waals surface area (Å²) in [6.45, 7) is 0. The third-order valence-corrected chi connectivity index (χ3v) is 5.98. The van der Waals surface area contributed by atoms with Gasteiger partial charge in [-0.2, -0.15) is 5.10 Å². The quantitative estimate of drug-likeness (QED) is 0.602. The number of esters is 1. The van der Waals surface area contributed by atoms with Gasteiger partial charge in [-0.25, -0.2) is 4.79 Å². The molecule has 1 amide bonds. The molecular weight excluding hydrogens is 384 g/mol. The molecular formula is C18H22N4O3S2. The Bertz CT molecular complexity index is 872. The number of nitrogens with one attached hydrogen (secondary N) is 2. The lowest BCUT2D eigenvalue weighted by molar-refractivity contribution is 0.0601. The van der Waals surface area contributed by atoms with Gasteiger partial charge in [-0.15, -0.1) is 11.3 Å². The summed E-state index contributed by atoms with van der Waals surface area (Å²) >= 11 is 6.80. The van der Waals surface area contributed by atoms with Crippen molar-refractivity contribution in [2.45, 2.75) is 38.5 Å². The van der Waals surface area contributed by atoms with E-state index < -0.39 is 0 Å². The number of nitrogens with zero attached hydrogens (tertiary/aromatic N) is 2. The number of carbonyl (C=O) groups is 2. The van der Waals surface area contributed by atoms with Gasteiger partial charge >= 0.3 is 5.97 Å². The first kappa shape index (κ1) is 19.5. The van der Waals surface area contributed by atoms with Crippen molar-refractivity contribution in [3.05, 3.63) is 34.0 Å². The maximum absolute atomic E-state index is 12.4. The Kier molecular flexibility index (Phi) is 6.22. The number of hydrogen-bond acceptors (Lipinski definition) is 6. The van der Waals surface area contributed by atoms with Crippen LogP contribution in [0.1, 0.15) is 57.0 Å². The molecule has 0 atom stereocenters. The van der Waals surface area contributed by atoms with Crippen LogP contribution in [0.2, 0.25) is 0 Å². The van der Waals surface area contributed by atoms with Crippen LogP contribution >= 0.6 is 23.6 Å². The Morgan fingerprint density at radius 2 is 2.00 bits per heavy atom. The number of anilines is 1. The third kappa shape index (κ3) is 4.36. The van der Waals surface area contributed by atoms with Gasteiger partial charge in [-0.3, -0.25) is 14.8 Å². The molecule has 0 unspecified atom stereocenters. The van der Waals surface area contributed by atoms with Gasteiger partial charge in [0.25, 0.3) is 5.91 Å². The first-order chi connectivity index (χ1) is 13.0. The van der Waals surface area contributed by atoms with Crippen molar-refractivity contribution in [3.8, 4) is 0 Å². The van der Waals surface area contributed by atoms with Gasteiger partial charge in [0.2, 0.25) is 0 Å². The van der Waals surface area contributed by atoms with Crippen molar-refractivity contribution in [3.63, 3.8) is 0 Å². The molecule has 1 aliphatic carbocycles. The molecule has 2 N–H and O–H groups in total. The monoisotopic (exact) mass is 406 g/mol. The van der Waals surface area contributed by atoms with Crippen molar-refractivity contribution >= 4 is 45.5 Å². The molecule has 0 bridgehead atoms. The van der Waals surface area contributed by atoms with Crippen molar-refractivity contribution in [1.82, 2.24) is 15.1 Å². The number of thiocarbonyl (C=S) groups is 1. The van der Waals surface area contributed by atoms with Crippen LogP contribution in [-0.4, -0.2) is 33.9 Å².